The molecule has 1 N–H and O–H groups in total. The lowest BCUT2D eigenvalue weighted by atomic mass is 10.2. The molecule has 6 heteroatoms. The molecule has 6 nitrogen and oxygen atoms in total. The van der Waals surface area contributed by atoms with Crippen LogP contribution in [0.15, 0.2) is 30.9 Å². The number of imidazole rings is 1. The molecule has 0 atom stereocenters. The van der Waals surface area contributed by atoms with Crippen LogP contribution in [0, 0.1) is 0 Å². The van der Waals surface area contributed by atoms with Gasteiger partial charge in [0.05, 0.1) is 0 Å². The minimum Gasteiger partial charge on any atom is -0.354 e. The van der Waals surface area contributed by atoms with Gasteiger partial charge in [0.15, 0.2) is 11.6 Å². The van der Waals surface area contributed by atoms with Crippen molar-refractivity contribution in [2.45, 2.75) is 32.7 Å². The molecule has 20 heavy (non-hydrogen) atoms. The van der Waals surface area contributed by atoms with Gasteiger partial charge in [-0.15, -0.1) is 0 Å². The van der Waals surface area contributed by atoms with Crippen molar-refractivity contribution < 1.29 is 4.79 Å². The van der Waals surface area contributed by atoms with E-state index in [0.29, 0.717) is 31.2 Å². The van der Waals surface area contributed by atoms with Crippen molar-refractivity contribution >= 4 is 5.91 Å². The number of aromatic nitrogens is 4. The molecule has 0 fully saturated rings. The summed E-state index contributed by atoms with van der Waals surface area (Å²) < 4.78 is 1.94. The first-order valence-corrected chi connectivity index (χ1v) is 6.86. The van der Waals surface area contributed by atoms with E-state index in [0.717, 1.165) is 12.8 Å². The van der Waals surface area contributed by atoms with Crippen molar-refractivity contribution in [1.29, 1.82) is 0 Å². The van der Waals surface area contributed by atoms with E-state index in [1.54, 1.807) is 24.7 Å². The van der Waals surface area contributed by atoms with E-state index >= 15 is 0 Å². The Morgan fingerprint density at radius 3 is 2.80 bits per heavy atom. The molecule has 0 radical (unpaired) electrons. The number of carbonyl (C=O) groups is 1. The standard InChI is InChI=1S/C14H19N5O/c1-2-3-5-12(20)15-8-10-19-11-9-18-14(19)13-16-6-4-7-17-13/h4,6-7,9,11H,2-3,5,8,10H2,1H3,(H,15,20). The number of hydrogen-bond donors (Lipinski definition) is 1. The summed E-state index contributed by atoms with van der Waals surface area (Å²) in [6, 6.07) is 1.77. The number of amides is 1. The number of unbranched alkanes of at least 4 members (excludes halogenated alkanes) is 1. The van der Waals surface area contributed by atoms with Crippen molar-refractivity contribution in [3.8, 4) is 11.6 Å². The number of nitrogens with zero attached hydrogens (tertiary/aromatic N) is 4. The Morgan fingerprint density at radius 2 is 2.05 bits per heavy atom. The van der Waals surface area contributed by atoms with E-state index in [2.05, 4.69) is 27.2 Å². The fourth-order valence-electron chi connectivity index (χ4n) is 1.85. The van der Waals surface area contributed by atoms with Gasteiger partial charge < -0.3 is 9.88 Å². The Kier molecular flexibility index (Phi) is 5.23. The van der Waals surface area contributed by atoms with Crippen LogP contribution in [0.4, 0.5) is 0 Å². The molecule has 2 aromatic heterocycles. The van der Waals surface area contributed by atoms with Crippen LogP contribution in [0.25, 0.3) is 11.6 Å². The van der Waals surface area contributed by atoms with Gasteiger partial charge >= 0.3 is 0 Å². The summed E-state index contributed by atoms with van der Waals surface area (Å²) in [5, 5.41) is 2.91. The van der Waals surface area contributed by atoms with Gasteiger partial charge in [0.25, 0.3) is 0 Å². The van der Waals surface area contributed by atoms with Crippen molar-refractivity contribution in [3.05, 3.63) is 30.9 Å². The van der Waals surface area contributed by atoms with Crippen LogP contribution in [0.1, 0.15) is 26.2 Å². The SMILES string of the molecule is CCCCC(=O)NCCn1ccnc1-c1ncccn1. The van der Waals surface area contributed by atoms with E-state index < -0.39 is 0 Å². The Hall–Kier alpha value is -2.24. The highest BCUT2D eigenvalue weighted by molar-refractivity contribution is 5.75. The first-order chi connectivity index (χ1) is 9.81. The maximum atomic E-state index is 11.5. The first-order valence-electron chi connectivity index (χ1n) is 6.86. The summed E-state index contributed by atoms with van der Waals surface area (Å²) in [7, 11) is 0. The molecule has 0 aliphatic carbocycles. The first kappa shape index (κ1) is 14.2. The van der Waals surface area contributed by atoms with E-state index in [1.165, 1.54) is 0 Å². The predicted octanol–water partition coefficient (Wildman–Crippen LogP) is 1.65. The Morgan fingerprint density at radius 1 is 1.25 bits per heavy atom. The van der Waals surface area contributed by atoms with Crippen molar-refractivity contribution in [2.75, 3.05) is 6.54 Å². The minimum absolute atomic E-state index is 0.101. The molecule has 1 amide bonds. The monoisotopic (exact) mass is 273 g/mol. The topological polar surface area (TPSA) is 72.7 Å². The fourth-order valence-corrected chi connectivity index (χ4v) is 1.85. The number of rotatable bonds is 7. The van der Waals surface area contributed by atoms with Gasteiger partial charge in [0.2, 0.25) is 5.91 Å². The molecule has 106 valence electrons. The summed E-state index contributed by atoms with van der Waals surface area (Å²) in [6.45, 7) is 3.31. The Bertz CT molecular complexity index is 538. The second-order valence-electron chi connectivity index (χ2n) is 4.47. The maximum Gasteiger partial charge on any atom is 0.220 e. The molecule has 2 rings (SSSR count). The minimum atomic E-state index is 0.101. The quantitative estimate of drug-likeness (QED) is 0.832. The second kappa shape index (κ2) is 7.37. The van der Waals surface area contributed by atoms with Gasteiger partial charge in [-0.1, -0.05) is 13.3 Å². The highest BCUT2D eigenvalue weighted by Gasteiger charge is 2.08. The Balaban J connectivity index is 1.89. The molecule has 0 unspecified atom stereocenters. The van der Waals surface area contributed by atoms with Crippen LogP contribution in [-0.4, -0.2) is 32.0 Å². The van der Waals surface area contributed by atoms with E-state index in [4.69, 9.17) is 0 Å². The third-order valence-corrected chi connectivity index (χ3v) is 2.91. The van der Waals surface area contributed by atoms with Crippen LogP contribution >= 0.6 is 0 Å². The lowest BCUT2D eigenvalue weighted by Crippen LogP contribution is -2.27. The molecule has 0 aromatic carbocycles. The number of hydrogen-bond acceptors (Lipinski definition) is 4. The average Bonchev–Trinajstić information content (AvgIpc) is 2.94. The van der Waals surface area contributed by atoms with Gasteiger partial charge in [-0.2, -0.15) is 0 Å². The van der Waals surface area contributed by atoms with Crippen LogP contribution in [0.5, 0.6) is 0 Å². The zero-order chi connectivity index (χ0) is 14.2. The van der Waals surface area contributed by atoms with E-state index in [1.807, 2.05) is 10.8 Å². The third-order valence-electron chi connectivity index (χ3n) is 2.91. The number of nitrogens with one attached hydrogen (secondary N) is 1. The summed E-state index contributed by atoms with van der Waals surface area (Å²) in [5.41, 5.74) is 0. The van der Waals surface area contributed by atoms with Crippen LogP contribution < -0.4 is 5.32 Å². The van der Waals surface area contributed by atoms with E-state index in [9.17, 15) is 4.79 Å². The van der Waals surface area contributed by atoms with Gasteiger partial charge in [-0.3, -0.25) is 4.79 Å². The lowest BCUT2D eigenvalue weighted by molar-refractivity contribution is -0.121. The molecule has 0 aliphatic heterocycles. The Labute approximate surface area is 118 Å². The second-order valence-corrected chi connectivity index (χ2v) is 4.47. The van der Waals surface area contributed by atoms with Crippen molar-refractivity contribution in [2.24, 2.45) is 0 Å². The average molecular weight is 273 g/mol. The summed E-state index contributed by atoms with van der Waals surface area (Å²) in [6.07, 6.45) is 9.51. The summed E-state index contributed by atoms with van der Waals surface area (Å²) in [4.78, 5) is 24.2. The zero-order valence-corrected chi connectivity index (χ0v) is 11.6. The highest BCUT2D eigenvalue weighted by Crippen LogP contribution is 2.10. The maximum absolute atomic E-state index is 11.5. The van der Waals surface area contributed by atoms with Crippen LogP contribution in [0.3, 0.4) is 0 Å². The molecule has 0 spiro atoms. The fraction of sp³-hybridized carbons (Fsp3) is 0.429. The molecule has 2 aromatic rings. The van der Waals surface area contributed by atoms with Crippen LogP contribution in [0.2, 0.25) is 0 Å². The molecular formula is C14H19N5O. The molecule has 0 saturated carbocycles. The number of carbonyl (C=O) groups excluding carboxylic acids is 1. The van der Waals surface area contributed by atoms with Gasteiger partial charge in [0, 0.05) is 44.3 Å². The van der Waals surface area contributed by atoms with Crippen molar-refractivity contribution in [1.82, 2.24) is 24.8 Å². The van der Waals surface area contributed by atoms with Gasteiger partial charge in [-0.25, -0.2) is 15.0 Å². The molecule has 0 bridgehead atoms. The van der Waals surface area contributed by atoms with Crippen molar-refractivity contribution in [3.63, 3.8) is 0 Å². The van der Waals surface area contributed by atoms with Gasteiger partial charge in [0.1, 0.15) is 0 Å². The largest absolute Gasteiger partial charge is 0.354 e. The molecule has 0 aliphatic rings. The lowest BCUT2D eigenvalue weighted by Gasteiger charge is -2.08. The van der Waals surface area contributed by atoms with Crippen LogP contribution in [-0.2, 0) is 11.3 Å². The summed E-state index contributed by atoms with van der Waals surface area (Å²) >= 11 is 0. The smallest absolute Gasteiger partial charge is 0.220 e. The predicted molar refractivity (Wildman–Crippen MR) is 75.8 cm³/mol. The third kappa shape index (κ3) is 3.88. The molecular weight excluding hydrogens is 254 g/mol. The van der Waals surface area contributed by atoms with E-state index in [-0.39, 0.29) is 5.91 Å². The molecule has 2 heterocycles. The highest BCUT2D eigenvalue weighted by atomic mass is 16.1. The normalized spacial score (nSPS) is 10.4. The zero-order valence-electron chi connectivity index (χ0n) is 11.6. The molecule has 0 saturated heterocycles. The summed E-state index contributed by atoms with van der Waals surface area (Å²) in [5.74, 6) is 1.41. The van der Waals surface area contributed by atoms with Gasteiger partial charge in [-0.05, 0) is 12.5 Å².